The van der Waals surface area contributed by atoms with Gasteiger partial charge < -0.3 is 5.11 Å². The molecule has 1 aromatic heterocycles. The topological polar surface area (TPSA) is 122 Å². The smallest absolute Gasteiger partial charge is 0.321 e. The number of sulfonamides is 1. The highest BCUT2D eigenvalue weighted by Gasteiger charge is 2.27. The van der Waals surface area contributed by atoms with Crippen LogP contribution in [0.15, 0.2) is 27.7 Å². The Kier molecular flexibility index (Phi) is 4.00. The van der Waals surface area contributed by atoms with E-state index < -0.39 is 22.0 Å². The van der Waals surface area contributed by atoms with Gasteiger partial charge >= 0.3 is 5.97 Å². The van der Waals surface area contributed by atoms with Gasteiger partial charge in [0, 0.05) is 0 Å². The summed E-state index contributed by atoms with van der Waals surface area (Å²) in [7, 11) is -4.02. The van der Waals surface area contributed by atoms with Crippen molar-refractivity contribution in [3.63, 3.8) is 0 Å². The van der Waals surface area contributed by atoms with Crippen molar-refractivity contribution >= 4 is 27.0 Å². The van der Waals surface area contributed by atoms with Crippen LogP contribution in [0.4, 0.5) is 0 Å². The molecule has 8 nitrogen and oxygen atoms in total. The summed E-state index contributed by atoms with van der Waals surface area (Å²) in [4.78, 5) is 10.9. The number of aromatic nitrogens is 2. The van der Waals surface area contributed by atoms with E-state index in [9.17, 15) is 13.2 Å². The Hall–Kier alpha value is -2.00. The largest absolute Gasteiger partial charge is 0.480 e. The summed E-state index contributed by atoms with van der Waals surface area (Å²) in [5.41, 5.74) is 0.357. The molecule has 2 N–H and O–H groups in total. The van der Waals surface area contributed by atoms with Crippen LogP contribution in [0.3, 0.4) is 0 Å². The van der Waals surface area contributed by atoms with E-state index in [2.05, 4.69) is 19.7 Å². The predicted octanol–water partition coefficient (Wildman–Crippen LogP) is 0.754. The maximum atomic E-state index is 12.2. The normalized spacial score (nSPS) is 13.4. The van der Waals surface area contributed by atoms with Crippen LogP contribution in [0.5, 0.6) is 0 Å². The third-order valence-electron chi connectivity index (χ3n) is 2.71. The Labute approximate surface area is 114 Å². The van der Waals surface area contributed by atoms with Gasteiger partial charge in [-0.05, 0) is 28.9 Å². The van der Waals surface area contributed by atoms with Crippen molar-refractivity contribution in [2.75, 3.05) is 0 Å². The van der Waals surface area contributed by atoms with Gasteiger partial charge in [0.1, 0.15) is 16.5 Å². The summed E-state index contributed by atoms with van der Waals surface area (Å²) in [5, 5.41) is 16.1. The van der Waals surface area contributed by atoms with E-state index in [0.717, 1.165) is 0 Å². The third kappa shape index (κ3) is 2.78. The first kappa shape index (κ1) is 14.4. The van der Waals surface area contributed by atoms with Crippen LogP contribution in [-0.2, 0) is 14.8 Å². The summed E-state index contributed by atoms with van der Waals surface area (Å²) in [6, 6.07) is 3.17. The standard InChI is InChI=1S/C11H13N3O5S/c1-2-4-8(11(15)16)14-20(17,18)9-6-3-5-7-10(9)13-19-12-7/h3,5-6,8,14H,2,4H2,1H3,(H,15,16). The van der Waals surface area contributed by atoms with Crippen LogP contribution in [0.1, 0.15) is 19.8 Å². The lowest BCUT2D eigenvalue weighted by Gasteiger charge is -2.13. The van der Waals surface area contributed by atoms with Gasteiger partial charge in [-0.2, -0.15) is 4.72 Å². The molecule has 108 valence electrons. The van der Waals surface area contributed by atoms with Crippen molar-refractivity contribution in [3.05, 3.63) is 18.2 Å². The number of hydrogen-bond acceptors (Lipinski definition) is 6. The van der Waals surface area contributed by atoms with Crippen molar-refractivity contribution in [1.82, 2.24) is 15.0 Å². The lowest BCUT2D eigenvalue weighted by molar-refractivity contribution is -0.139. The molecule has 1 unspecified atom stereocenters. The molecule has 0 saturated heterocycles. The van der Waals surface area contributed by atoms with E-state index in [0.29, 0.717) is 6.42 Å². The molecule has 1 atom stereocenters. The number of fused-ring (bicyclic) bond motifs is 1. The Balaban J connectivity index is 2.39. The van der Waals surface area contributed by atoms with Crippen molar-refractivity contribution in [1.29, 1.82) is 0 Å². The summed E-state index contributed by atoms with van der Waals surface area (Å²) in [6.07, 6.45) is 0.733. The van der Waals surface area contributed by atoms with Crippen LogP contribution in [0.25, 0.3) is 11.0 Å². The Bertz CT molecular complexity index is 724. The van der Waals surface area contributed by atoms with Gasteiger partial charge in [-0.15, -0.1) is 0 Å². The summed E-state index contributed by atoms with van der Waals surface area (Å²) in [5.74, 6) is -1.22. The number of aliphatic carboxylic acids is 1. The first-order valence-electron chi connectivity index (χ1n) is 5.92. The molecule has 0 aliphatic carbocycles. The number of nitrogens with one attached hydrogen (secondary N) is 1. The lowest BCUT2D eigenvalue weighted by Crippen LogP contribution is -2.40. The van der Waals surface area contributed by atoms with Gasteiger partial charge in [0.25, 0.3) is 0 Å². The second-order valence-corrected chi connectivity index (χ2v) is 5.87. The molecule has 9 heteroatoms. The van der Waals surface area contributed by atoms with Crippen LogP contribution in [0.2, 0.25) is 0 Å². The number of carboxylic acids is 1. The Morgan fingerprint density at radius 3 is 2.85 bits per heavy atom. The quantitative estimate of drug-likeness (QED) is 0.807. The molecule has 0 saturated carbocycles. The lowest BCUT2D eigenvalue weighted by atomic mass is 10.2. The van der Waals surface area contributed by atoms with E-state index in [1.165, 1.54) is 12.1 Å². The fourth-order valence-electron chi connectivity index (χ4n) is 1.77. The number of nitrogens with zero attached hydrogens (tertiary/aromatic N) is 2. The third-order valence-corrected chi connectivity index (χ3v) is 4.21. The monoisotopic (exact) mass is 299 g/mol. The van der Waals surface area contributed by atoms with Crippen molar-refractivity contribution in [3.8, 4) is 0 Å². The van der Waals surface area contributed by atoms with Gasteiger partial charge in [0.15, 0.2) is 5.52 Å². The average Bonchev–Trinajstić information content (AvgIpc) is 2.85. The van der Waals surface area contributed by atoms with Gasteiger partial charge in [0.05, 0.1) is 0 Å². The first-order chi connectivity index (χ1) is 9.45. The molecule has 20 heavy (non-hydrogen) atoms. The van der Waals surface area contributed by atoms with E-state index in [1.54, 1.807) is 13.0 Å². The fraction of sp³-hybridized carbons (Fsp3) is 0.364. The van der Waals surface area contributed by atoms with Gasteiger partial charge in [-0.1, -0.05) is 19.4 Å². The van der Waals surface area contributed by atoms with Gasteiger partial charge in [0.2, 0.25) is 10.0 Å². The van der Waals surface area contributed by atoms with Crippen LogP contribution < -0.4 is 4.72 Å². The molecule has 0 radical (unpaired) electrons. The zero-order valence-corrected chi connectivity index (χ0v) is 11.4. The highest BCUT2D eigenvalue weighted by molar-refractivity contribution is 7.89. The second-order valence-electron chi connectivity index (χ2n) is 4.19. The molecule has 1 heterocycles. The van der Waals surface area contributed by atoms with E-state index in [-0.39, 0.29) is 22.3 Å². The summed E-state index contributed by atoms with van der Waals surface area (Å²) < 4.78 is 31.1. The van der Waals surface area contributed by atoms with E-state index in [4.69, 9.17) is 5.11 Å². The van der Waals surface area contributed by atoms with Gasteiger partial charge in [-0.3, -0.25) is 4.79 Å². The highest BCUT2D eigenvalue weighted by Crippen LogP contribution is 2.20. The van der Waals surface area contributed by atoms with E-state index >= 15 is 0 Å². The van der Waals surface area contributed by atoms with Gasteiger partial charge in [-0.25, -0.2) is 13.0 Å². The molecule has 2 aromatic rings. The number of carboxylic acid groups (broad SMARTS) is 1. The van der Waals surface area contributed by atoms with Crippen molar-refractivity contribution < 1.29 is 22.9 Å². The molecule has 0 fully saturated rings. The highest BCUT2D eigenvalue weighted by atomic mass is 32.2. The van der Waals surface area contributed by atoms with Crippen molar-refractivity contribution in [2.45, 2.75) is 30.7 Å². The number of rotatable bonds is 6. The zero-order valence-electron chi connectivity index (χ0n) is 10.6. The number of benzene rings is 1. The number of hydrogen-bond donors (Lipinski definition) is 2. The zero-order chi connectivity index (χ0) is 14.8. The minimum atomic E-state index is -4.02. The molecule has 1 aromatic carbocycles. The SMILES string of the molecule is CCCC(NS(=O)(=O)c1cccc2nonc12)C(=O)O. The fourth-order valence-corrected chi connectivity index (χ4v) is 3.14. The Morgan fingerprint density at radius 1 is 1.45 bits per heavy atom. The molecule has 0 aliphatic heterocycles. The average molecular weight is 299 g/mol. The van der Waals surface area contributed by atoms with Crippen LogP contribution in [-0.4, -0.2) is 35.8 Å². The molecule has 0 aliphatic rings. The summed E-state index contributed by atoms with van der Waals surface area (Å²) >= 11 is 0. The maximum Gasteiger partial charge on any atom is 0.321 e. The van der Waals surface area contributed by atoms with Crippen molar-refractivity contribution in [2.24, 2.45) is 0 Å². The molecular formula is C11H13N3O5S. The second kappa shape index (κ2) is 5.55. The van der Waals surface area contributed by atoms with E-state index in [1.807, 2.05) is 0 Å². The maximum absolute atomic E-state index is 12.2. The molecule has 2 rings (SSSR count). The van der Waals surface area contributed by atoms with Crippen LogP contribution in [0, 0.1) is 0 Å². The van der Waals surface area contributed by atoms with Crippen LogP contribution >= 0.6 is 0 Å². The predicted molar refractivity (Wildman–Crippen MR) is 68.5 cm³/mol. The molecular weight excluding hydrogens is 286 g/mol. The first-order valence-corrected chi connectivity index (χ1v) is 7.40. The number of carbonyl (C=O) groups is 1. The minimum Gasteiger partial charge on any atom is -0.480 e. The Morgan fingerprint density at radius 2 is 2.20 bits per heavy atom. The minimum absolute atomic E-state index is 0.0700. The molecule has 0 spiro atoms. The summed E-state index contributed by atoms with van der Waals surface area (Å²) in [6.45, 7) is 1.77. The molecule has 0 bridgehead atoms. The molecule has 0 amide bonds.